The zero-order chi connectivity index (χ0) is 10.5. The Hall–Kier alpha value is -0.520. The molecule has 14 heavy (non-hydrogen) atoms. The Labute approximate surface area is 90.1 Å². The number of rotatable bonds is 10. The van der Waals surface area contributed by atoms with Gasteiger partial charge >= 0.3 is 0 Å². The largest absolute Gasteiger partial charge is 0.103 e. The summed E-state index contributed by atoms with van der Waals surface area (Å²) in [5, 5.41) is 0. The zero-order valence-electron chi connectivity index (χ0n) is 9.51. The first kappa shape index (κ1) is 13.5. The monoisotopic (exact) mass is 193 g/mol. The van der Waals surface area contributed by atoms with E-state index in [4.69, 9.17) is 0 Å². The zero-order valence-corrected chi connectivity index (χ0v) is 9.51. The van der Waals surface area contributed by atoms with Gasteiger partial charge in [-0.2, -0.15) is 0 Å². The summed E-state index contributed by atoms with van der Waals surface area (Å²) < 4.78 is 0. The van der Waals surface area contributed by atoms with Crippen molar-refractivity contribution in [3.05, 3.63) is 31.7 Å². The van der Waals surface area contributed by atoms with E-state index in [-0.39, 0.29) is 0 Å². The second kappa shape index (κ2) is 12.5. The predicted octanol–water partition coefficient (Wildman–Crippen LogP) is 5.07. The Bertz CT molecular complexity index is 133. The predicted molar refractivity (Wildman–Crippen MR) is 66.2 cm³/mol. The molecule has 0 aromatic carbocycles. The van der Waals surface area contributed by atoms with Crippen LogP contribution in [0.5, 0.6) is 0 Å². The fourth-order valence-corrected chi connectivity index (χ4v) is 1.40. The van der Waals surface area contributed by atoms with Crippen LogP contribution in [0.4, 0.5) is 0 Å². The quantitative estimate of drug-likeness (QED) is 0.335. The van der Waals surface area contributed by atoms with Gasteiger partial charge in [-0.1, -0.05) is 44.4 Å². The van der Waals surface area contributed by atoms with Crippen LogP contribution in [0.3, 0.4) is 0 Å². The highest BCUT2D eigenvalue weighted by Crippen LogP contribution is 2.06. The summed E-state index contributed by atoms with van der Waals surface area (Å²) in [5.41, 5.74) is 0. The van der Waals surface area contributed by atoms with E-state index in [1.165, 1.54) is 51.4 Å². The second-order valence-electron chi connectivity index (χ2n) is 3.75. The summed E-state index contributed by atoms with van der Waals surface area (Å²) in [6, 6.07) is 0. The molecule has 0 unspecified atom stereocenters. The van der Waals surface area contributed by atoms with Gasteiger partial charge in [0, 0.05) is 0 Å². The lowest BCUT2D eigenvalue weighted by Gasteiger charge is -1.96. The number of hydrogen-bond donors (Lipinski definition) is 0. The van der Waals surface area contributed by atoms with Crippen LogP contribution >= 0.6 is 0 Å². The van der Waals surface area contributed by atoms with E-state index in [2.05, 4.69) is 25.7 Å². The Morgan fingerprint density at radius 3 is 1.86 bits per heavy atom. The van der Waals surface area contributed by atoms with Crippen molar-refractivity contribution >= 4 is 0 Å². The third-order valence-electron chi connectivity index (χ3n) is 2.32. The first-order valence-electron chi connectivity index (χ1n) is 5.97. The minimum Gasteiger partial charge on any atom is -0.103 e. The summed E-state index contributed by atoms with van der Waals surface area (Å²) in [5.74, 6) is 0. The molecule has 0 saturated carbocycles. The van der Waals surface area contributed by atoms with Crippen molar-refractivity contribution in [1.82, 2.24) is 0 Å². The minimum atomic E-state index is 1.06. The van der Waals surface area contributed by atoms with Crippen molar-refractivity contribution < 1.29 is 0 Å². The van der Waals surface area contributed by atoms with Crippen LogP contribution in [0, 0.1) is 6.92 Å². The van der Waals surface area contributed by atoms with Gasteiger partial charge < -0.3 is 0 Å². The topological polar surface area (TPSA) is 0 Å². The molecule has 0 heteroatoms. The molecule has 0 bridgehead atoms. The van der Waals surface area contributed by atoms with Crippen molar-refractivity contribution in [2.24, 2.45) is 0 Å². The molecule has 0 amide bonds. The third-order valence-corrected chi connectivity index (χ3v) is 2.32. The minimum absolute atomic E-state index is 1.06. The summed E-state index contributed by atoms with van der Waals surface area (Å²) >= 11 is 0. The van der Waals surface area contributed by atoms with E-state index in [1.54, 1.807) is 0 Å². The maximum Gasteiger partial charge on any atom is -0.0351 e. The van der Waals surface area contributed by atoms with Crippen LogP contribution in [0.25, 0.3) is 0 Å². The maximum absolute atomic E-state index is 3.82. The van der Waals surface area contributed by atoms with Crippen LogP contribution in [0.15, 0.2) is 24.8 Å². The molecule has 0 aliphatic heterocycles. The lowest BCUT2D eigenvalue weighted by molar-refractivity contribution is 0.652. The maximum atomic E-state index is 3.82. The Kier molecular flexibility index (Phi) is 12.0. The number of allylic oxidation sites excluding steroid dienone is 3. The van der Waals surface area contributed by atoms with Crippen LogP contribution in [0.2, 0.25) is 0 Å². The molecule has 0 aromatic rings. The molecular weight excluding hydrogens is 168 g/mol. The fourth-order valence-electron chi connectivity index (χ4n) is 1.40. The molecule has 0 rings (SSSR count). The first-order valence-corrected chi connectivity index (χ1v) is 5.97. The normalized spacial score (nSPS) is 10.9. The van der Waals surface area contributed by atoms with Gasteiger partial charge in [-0.25, -0.2) is 0 Å². The van der Waals surface area contributed by atoms with Crippen molar-refractivity contribution in [2.45, 2.75) is 57.8 Å². The lowest BCUT2D eigenvalue weighted by atomic mass is 10.1. The SMILES string of the molecule is [CH2]CCCC=CCCCCCCC=C. The highest BCUT2D eigenvalue weighted by molar-refractivity contribution is 4.81. The van der Waals surface area contributed by atoms with E-state index in [1.807, 2.05) is 6.08 Å². The molecule has 0 saturated heterocycles. The van der Waals surface area contributed by atoms with E-state index < -0.39 is 0 Å². The van der Waals surface area contributed by atoms with E-state index in [9.17, 15) is 0 Å². The Balaban J connectivity index is 2.97. The highest BCUT2D eigenvalue weighted by atomic mass is 13.9. The van der Waals surface area contributed by atoms with Crippen LogP contribution in [-0.4, -0.2) is 0 Å². The Morgan fingerprint density at radius 2 is 1.29 bits per heavy atom. The lowest BCUT2D eigenvalue weighted by Crippen LogP contribution is -1.76. The first-order chi connectivity index (χ1) is 6.91. The van der Waals surface area contributed by atoms with Gasteiger partial charge in [0.1, 0.15) is 0 Å². The van der Waals surface area contributed by atoms with Gasteiger partial charge in [0.15, 0.2) is 0 Å². The van der Waals surface area contributed by atoms with Crippen molar-refractivity contribution in [2.75, 3.05) is 0 Å². The molecule has 0 heterocycles. The summed E-state index contributed by atoms with van der Waals surface area (Å²) in [4.78, 5) is 0. The smallest absolute Gasteiger partial charge is 0.0351 e. The fraction of sp³-hybridized carbons (Fsp3) is 0.643. The van der Waals surface area contributed by atoms with Crippen molar-refractivity contribution in [3.8, 4) is 0 Å². The molecule has 0 aliphatic rings. The summed E-state index contributed by atoms with van der Waals surface area (Å²) in [7, 11) is 0. The van der Waals surface area contributed by atoms with E-state index in [0.29, 0.717) is 0 Å². The number of unbranched alkanes of at least 4 members (excludes halogenated alkanes) is 7. The molecule has 0 N–H and O–H groups in total. The molecule has 0 atom stereocenters. The van der Waals surface area contributed by atoms with E-state index >= 15 is 0 Å². The second-order valence-corrected chi connectivity index (χ2v) is 3.75. The van der Waals surface area contributed by atoms with Gasteiger partial charge in [0.25, 0.3) is 0 Å². The standard InChI is InChI=1S/C14H25/c1-3-5-7-9-11-13-14-12-10-8-6-4-2/h3,10,12H,1-2,4-9,11,13-14H2. The molecule has 0 aliphatic carbocycles. The molecule has 0 aromatic heterocycles. The van der Waals surface area contributed by atoms with Crippen LogP contribution < -0.4 is 0 Å². The Morgan fingerprint density at radius 1 is 0.714 bits per heavy atom. The third kappa shape index (κ3) is 11.5. The van der Waals surface area contributed by atoms with Crippen LogP contribution in [-0.2, 0) is 0 Å². The molecule has 1 radical (unpaired) electrons. The summed E-state index contributed by atoms with van der Waals surface area (Å²) in [6.45, 7) is 7.54. The highest BCUT2D eigenvalue weighted by Gasteiger charge is 1.86. The molecular formula is C14H25. The summed E-state index contributed by atoms with van der Waals surface area (Å²) in [6.07, 6.45) is 18.0. The van der Waals surface area contributed by atoms with Gasteiger partial charge in [-0.15, -0.1) is 6.58 Å². The molecule has 0 fully saturated rings. The van der Waals surface area contributed by atoms with E-state index in [0.717, 1.165) is 6.42 Å². The van der Waals surface area contributed by atoms with Gasteiger partial charge in [0.2, 0.25) is 0 Å². The van der Waals surface area contributed by atoms with Gasteiger partial charge in [-0.05, 0) is 38.5 Å². The molecule has 0 spiro atoms. The van der Waals surface area contributed by atoms with Gasteiger partial charge in [0.05, 0.1) is 0 Å². The van der Waals surface area contributed by atoms with Crippen molar-refractivity contribution in [1.29, 1.82) is 0 Å². The van der Waals surface area contributed by atoms with Crippen LogP contribution in [0.1, 0.15) is 57.8 Å². The average molecular weight is 193 g/mol. The number of hydrogen-bond acceptors (Lipinski definition) is 0. The molecule has 81 valence electrons. The molecule has 0 nitrogen and oxygen atoms in total. The van der Waals surface area contributed by atoms with Crippen molar-refractivity contribution in [3.63, 3.8) is 0 Å². The van der Waals surface area contributed by atoms with Gasteiger partial charge in [-0.3, -0.25) is 0 Å². The average Bonchev–Trinajstić information content (AvgIpc) is 2.21.